The average Bonchev–Trinajstić information content (AvgIpc) is 3.45. The molecule has 3 atom stereocenters. The van der Waals surface area contributed by atoms with Crippen LogP contribution in [0.3, 0.4) is 0 Å². The largest absolute Gasteiger partial charge is 0.481 e. The molecular formula is C29H32O6. The third-order valence-corrected chi connectivity index (χ3v) is 6.71. The van der Waals surface area contributed by atoms with Gasteiger partial charge >= 0.3 is 5.97 Å². The molecule has 1 saturated heterocycles. The standard InChI is InChI=1S/C29H32O6/c30-26-20-27(31)25(24(26)10-6-1-2-7-11-28(32)33)16-17-29(34-18-19-35-29)23-14-12-22(13-15-23)21-8-4-3-5-9-21/h1,3-6,8-9,12-17,24-26,30H,2,7,10-11,18-20H2,(H,32,33)/b6-1-,17-16+/t24-,25-,26+/m1/s1. The highest BCUT2D eigenvalue weighted by Crippen LogP contribution is 2.38. The first-order chi connectivity index (χ1) is 17.0. The first-order valence-corrected chi connectivity index (χ1v) is 12.2. The summed E-state index contributed by atoms with van der Waals surface area (Å²) in [6.07, 6.45) is 8.87. The summed E-state index contributed by atoms with van der Waals surface area (Å²) in [5, 5.41) is 19.2. The summed E-state index contributed by atoms with van der Waals surface area (Å²) in [6, 6.07) is 18.2. The number of carbonyl (C=O) groups is 2. The van der Waals surface area contributed by atoms with Gasteiger partial charge in [0.1, 0.15) is 5.78 Å². The summed E-state index contributed by atoms with van der Waals surface area (Å²) in [5.41, 5.74) is 3.07. The Balaban J connectivity index is 1.47. The van der Waals surface area contributed by atoms with Gasteiger partial charge in [-0.25, -0.2) is 0 Å². The van der Waals surface area contributed by atoms with Crippen LogP contribution in [0.4, 0.5) is 0 Å². The number of carbonyl (C=O) groups excluding carboxylic acids is 1. The summed E-state index contributed by atoms with van der Waals surface area (Å²) < 4.78 is 12.1. The molecule has 6 heteroatoms. The zero-order chi connectivity index (χ0) is 24.7. The Morgan fingerprint density at radius 2 is 1.69 bits per heavy atom. The van der Waals surface area contributed by atoms with Gasteiger partial charge in [-0.15, -0.1) is 0 Å². The van der Waals surface area contributed by atoms with Crippen LogP contribution in [0.15, 0.2) is 78.9 Å². The molecule has 2 fully saturated rings. The number of aliphatic hydroxyl groups excluding tert-OH is 1. The van der Waals surface area contributed by atoms with Gasteiger partial charge in [0, 0.05) is 30.2 Å². The van der Waals surface area contributed by atoms with Crippen LogP contribution in [0, 0.1) is 11.8 Å². The van der Waals surface area contributed by atoms with Crippen LogP contribution in [-0.2, 0) is 24.8 Å². The fourth-order valence-corrected chi connectivity index (χ4v) is 4.81. The zero-order valence-electron chi connectivity index (χ0n) is 19.7. The van der Waals surface area contributed by atoms with E-state index in [2.05, 4.69) is 12.1 Å². The summed E-state index contributed by atoms with van der Waals surface area (Å²) >= 11 is 0. The normalized spacial score (nSPS) is 24.0. The molecule has 184 valence electrons. The lowest BCUT2D eigenvalue weighted by Gasteiger charge is -2.25. The second kappa shape index (κ2) is 11.6. The molecule has 2 N–H and O–H groups in total. The van der Waals surface area contributed by atoms with Crippen molar-refractivity contribution >= 4 is 11.8 Å². The van der Waals surface area contributed by atoms with Crippen molar-refractivity contribution in [2.45, 2.75) is 44.0 Å². The van der Waals surface area contributed by atoms with E-state index < -0.39 is 23.8 Å². The summed E-state index contributed by atoms with van der Waals surface area (Å²) in [6.45, 7) is 0.906. The van der Waals surface area contributed by atoms with Crippen molar-refractivity contribution in [3.63, 3.8) is 0 Å². The number of Topliss-reactive ketones (excluding diaryl/α,β-unsaturated/α-hetero) is 1. The van der Waals surface area contributed by atoms with Crippen molar-refractivity contribution in [3.05, 3.63) is 84.5 Å². The van der Waals surface area contributed by atoms with E-state index in [-0.39, 0.29) is 24.5 Å². The van der Waals surface area contributed by atoms with E-state index >= 15 is 0 Å². The number of hydrogen-bond donors (Lipinski definition) is 2. The number of ether oxygens (including phenoxy) is 2. The first-order valence-electron chi connectivity index (χ1n) is 12.2. The van der Waals surface area contributed by atoms with Gasteiger partial charge in [-0.1, -0.05) is 72.8 Å². The van der Waals surface area contributed by atoms with Crippen molar-refractivity contribution in [3.8, 4) is 11.1 Å². The number of benzene rings is 2. The molecule has 6 nitrogen and oxygen atoms in total. The lowest BCUT2D eigenvalue weighted by molar-refractivity contribution is -0.137. The molecule has 0 radical (unpaired) electrons. The Bertz CT molecular complexity index is 1050. The van der Waals surface area contributed by atoms with E-state index in [0.717, 1.165) is 16.7 Å². The molecule has 2 aromatic rings. The fraction of sp³-hybridized carbons (Fsp3) is 0.379. The maximum atomic E-state index is 12.7. The Kier molecular flexibility index (Phi) is 8.29. The maximum absolute atomic E-state index is 12.7. The van der Waals surface area contributed by atoms with Crippen LogP contribution in [0.2, 0.25) is 0 Å². The van der Waals surface area contributed by atoms with Gasteiger partial charge in [0.25, 0.3) is 0 Å². The minimum Gasteiger partial charge on any atom is -0.481 e. The fourth-order valence-electron chi connectivity index (χ4n) is 4.81. The minimum atomic E-state index is -1.06. The summed E-state index contributed by atoms with van der Waals surface area (Å²) in [5.74, 6) is -2.51. The van der Waals surface area contributed by atoms with Crippen LogP contribution in [0.5, 0.6) is 0 Å². The lowest BCUT2D eigenvalue weighted by atomic mass is 9.89. The molecule has 0 spiro atoms. The minimum absolute atomic E-state index is 0.00518. The third kappa shape index (κ3) is 6.14. The van der Waals surface area contributed by atoms with Crippen molar-refractivity contribution in [2.75, 3.05) is 13.2 Å². The molecule has 0 aromatic heterocycles. The highest BCUT2D eigenvalue weighted by Gasteiger charge is 2.41. The molecule has 35 heavy (non-hydrogen) atoms. The summed E-state index contributed by atoms with van der Waals surface area (Å²) in [7, 11) is 0. The smallest absolute Gasteiger partial charge is 0.303 e. The van der Waals surface area contributed by atoms with Gasteiger partial charge in [0.2, 0.25) is 5.79 Å². The van der Waals surface area contributed by atoms with Gasteiger partial charge in [-0.3, -0.25) is 9.59 Å². The third-order valence-electron chi connectivity index (χ3n) is 6.71. The number of carboxylic acids is 1. The van der Waals surface area contributed by atoms with Gasteiger partial charge in [-0.2, -0.15) is 0 Å². The zero-order valence-corrected chi connectivity index (χ0v) is 19.7. The van der Waals surface area contributed by atoms with E-state index in [1.807, 2.05) is 66.8 Å². The molecule has 0 unspecified atom stereocenters. The van der Waals surface area contributed by atoms with E-state index in [9.17, 15) is 14.7 Å². The highest BCUT2D eigenvalue weighted by molar-refractivity contribution is 5.86. The Hall–Kier alpha value is -3.06. The number of ketones is 1. The Labute approximate surface area is 205 Å². The second-order valence-electron chi connectivity index (χ2n) is 9.09. The van der Waals surface area contributed by atoms with E-state index in [1.54, 1.807) is 0 Å². The monoisotopic (exact) mass is 476 g/mol. The molecule has 1 saturated carbocycles. The second-order valence-corrected chi connectivity index (χ2v) is 9.09. The maximum Gasteiger partial charge on any atom is 0.303 e. The van der Waals surface area contributed by atoms with E-state index in [4.69, 9.17) is 14.6 Å². The van der Waals surface area contributed by atoms with Crippen molar-refractivity contribution in [1.82, 2.24) is 0 Å². The summed E-state index contributed by atoms with van der Waals surface area (Å²) in [4.78, 5) is 23.3. The number of unbranched alkanes of at least 4 members (excludes halogenated alkanes) is 1. The number of aliphatic carboxylic acids is 1. The predicted molar refractivity (Wildman–Crippen MR) is 132 cm³/mol. The predicted octanol–water partition coefficient (Wildman–Crippen LogP) is 4.88. The molecule has 2 aliphatic rings. The molecule has 1 aliphatic heterocycles. The Morgan fingerprint density at radius 3 is 2.37 bits per heavy atom. The Morgan fingerprint density at radius 1 is 1.00 bits per heavy atom. The van der Waals surface area contributed by atoms with Crippen LogP contribution >= 0.6 is 0 Å². The molecule has 1 aliphatic carbocycles. The first kappa shape index (κ1) is 25.0. The number of allylic oxidation sites excluding steroid dienone is 3. The van der Waals surface area contributed by atoms with Gasteiger partial charge < -0.3 is 19.7 Å². The number of rotatable bonds is 10. The van der Waals surface area contributed by atoms with Gasteiger partial charge in [0.15, 0.2) is 0 Å². The van der Waals surface area contributed by atoms with Crippen LogP contribution in [0.1, 0.15) is 37.7 Å². The van der Waals surface area contributed by atoms with E-state index in [0.29, 0.717) is 32.5 Å². The number of hydrogen-bond acceptors (Lipinski definition) is 5. The van der Waals surface area contributed by atoms with Crippen molar-refractivity contribution < 1.29 is 29.3 Å². The molecular weight excluding hydrogens is 444 g/mol. The van der Waals surface area contributed by atoms with Crippen LogP contribution < -0.4 is 0 Å². The molecule has 4 rings (SSSR count). The van der Waals surface area contributed by atoms with Crippen molar-refractivity contribution in [2.24, 2.45) is 11.8 Å². The lowest BCUT2D eigenvalue weighted by Crippen LogP contribution is -2.26. The molecule has 1 heterocycles. The number of carboxylic acid groups (broad SMARTS) is 1. The quantitative estimate of drug-likeness (QED) is 0.375. The number of aliphatic hydroxyl groups is 1. The van der Waals surface area contributed by atoms with Crippen molar-refractivity contribution in [1.29, 1.82) is 0 Å². The molecule has 0 bridgehead atoms. The van der Waals surface area contributed by atoms with E-state index in [1.165, 1.54) is 0 Å². The van der Waals surface area contributed by atoms with Crippen LogP contribution in [0.25, 0.3) is 11.1 Å². The highest BCUT2D eigenvalue weighted by atomic mass is 16.7. The SMILES string of the molecule is O=C(O)CCC/C=C\C[C@H]1[C@@H](O)CC(=O)[C@@H]1/C=C/C1(c2ccc(-c3ccccc3)cc2)OCCO1. The molecule has 0 amide bonds. The van der Waals surface area contributed by atoms with Crippen LogP contribution in [-0.4, -0.2) is 41.3 Å². The van der Waals surface area contributed by atoms with Gasteiger partial charge in [0.05, 0.1) is 19.3 Å². The van der Waals surface area contributed by atoms with Gasteiger partial charge in [-0.05, 0) is 36.5 Å². The topological polar surface area (TPSA) is 93.1 Å². The molecule has 2 aromatic carbocycles. The average molecular weight is 477 g/mol.